The van der Waals surface area contributed by atoms with Crippen LogP contribution >= 0.6 is 0 Å². The lowest BCUT2D eigenvalue weighted by Gasteiger charge is -2.36. The molecule has 3 heterocycles. The Morgan fingerprint density at radius 3 is 2.47 bits per heavy atom. The molecule has 0 bridgehead atoms. The van der Waals surface area contributed by atoms with E-state index in [0.717, 1.165) is 55.8 Å². The van der Waals surface area contributed by atoms with Crippen LogP contribution in [0.25, 0.3) is 0 Å². The van der Waals surface area contributed by atoms with E-state index in [2.05, 4.69) is 11.0 Å². The standard InChI is InChI=1S/C27H29N3O4/c1-18-16-20(28-12-14-29(15-13-28)24(31)19-6-7-19)8-9-21(18)25(32)30-11-10-27(17-30)23-5-3-2-4-22(23)26(33)34-27/h2-5,8-9,16,19H,6-7,10-15,17H2,1H3/t27-/m0/s1. The Balaban J connectivity index is 1.14. The molecule has 1 spiro atoms. The van der Waals surface area contributed by atoms with E-state index in [4.69, 9.17) is 4.74 Å². The Morgan fingerprint density at radius 2 is 1.74 bits per heavy atom. The molecular formula is C27H29N3O4. The zero-order valence-corrected chi connectivity index (χ0v) is 19.5. The zero-order valence-electron chi connectivity index (χ0n) is 19.5. The fraction of sp³-hybridized carbons (Fsp3) is 0.444. The number of piperazine rings is 1. The maximum absolute atomic E-state index is 13.4. The highest BCUT2D eigenvalue weighted by molar-refractivity contribution is 5.98. The van der Waals surface area contributed by atoms with Crippen LogP contribution in [0.1, 0.15) is 51.1 Å². The molecule has 0 radical (unpaired) electrons. The first-order chi connectivity index (χ1) is 16.4. The number of rotatable bonds is 3. The molecule has 1 aliphatic carbocycles. The fourth-order valence-electron chi connectivity index (χ4n) is 5.63. The third-order valence-corrected chi connectivity index (χ3v) is 7.77. The van der Waals surface area contributed by atoms with Crippen molar-refractivity contribution >= 4 is 23.5 Å². The summed E-state index contributed by atoms with van der Waals surface area (Å²) in [5.41, 5.74) is 3.47. The summed E-state index contributed by atoms with van der Waals surface area (Å²) in [4.78, 5) is 44.2. The lowest BCUT2D eigenvalue weighted by atomic mass is 9.91. The summed E-state index contributed by atoms with van der Waals surface area (Å²) < 4.78 is 5.80. The maximum atomic E-state index is 13.4. The third-order valence-electron chi connectivity index (χ3n) is 7.77. The van der Waals surface area contributed by atoms with Crippen molar-refractivity contribution in [3.63, 3.8) is 0 Å². The number of aryl methyl sites for hydroxylation is 1. The first kappa shape index (κ1) is 21.2. The van der Waals surface area contributed by atoms with Gasteiger partial charge in [-0.2, -0.15) is 0 Å². The molecule has 0 aromatic heterocycles. The molecule has 4 aliphatic rings. The number of ether oxygens (including phenoxy) is 1. The van der Waals surface area contributed by atoms with Crippen molar-refractivity contribution in [3.05, 3.63) is 64.7 Å². The van der Waals surface area contributed by atoms with E-state index in [1.165, 1.54) is 0 Å². The van der Waals surface area contributed by atoms with Gasteiger partial charge in [-0.25, -0.2) is 4.79 Å². The van der Waals surface area contributed by atoms with Gasteiger partial charge in [0.25, 0.3) is 5.91 Å². The molecule has 3 fully saturated rings. The summed E-state index contributed by atoms with van der Waals surface area (Å²) in [6, 6.07) is 13.5. The zero-order chi connectivity index (χ0) is 23.4. The number of esters is 1. The predicted octanol–water partition coefficient (Wildman–Crippen LogP) is 2.97. The second kappa shape index (κ2) is 7.86. The number of nitrogens with zero attached hydrogens (tertiary/aromatic N) is 3. The van der Waals surface area contributed by atoms with Gasteiger partial charge < -0.3 is 19.4 Å². The van der Waals surface area contributed by atoms with E-state index in [-0.39, 0.29) is 17.8 Å². The maximum Gasteiger partial charge on any atom is 0.339 e. The normalized spacial score (nSPS) is 23.9. The molecule has 6 rings (SSSR count). The minimum absolute atomic E-state index is 0.0267. The number of carbonyl (C=O) groups excluding carboxylic acids is 3. The summed E-state index contributed by atoms with van der Waals surface area (Å²) in [6.07, 6.45) is 2.70. The van der Waals surface area contributed by atoms with Gasteiger partial charge in [0.2, 0.25) is 5.91 Å². The monoisotopic (exact) mass is 459 g/mol. The smallest absolute Gasteiger partial charge is 0.339 e. The van der Waals surface area contributed by atoms with E-state index in [0.29, 0.717) is 36.5 Å². The highest BCUT2D eigenvalue weighted by atomic mass is 16.6. The van der Waals surface area contributed by atoms with Crippen LogP contribution in [-0.4, -0.2) is 66.9 Å². The Morgan fingerprint density at radius 1 is 0.971 bits per heavy atom. The molecule has 7 nitrogen and oxygen atoms in total. The molecule has 0 N–H and O–H groups in total. The fourth-order valence-corrected chi connectivity index (χ4v) is 5.63. The number of fused-ring (bicyclic) bond motifs is 2. The quantitative estimate of drug-likeness (QED) is 0.660. The van der Waals surface area contributed by atoms with E-state index in [1.807, 2.05) is 42.2 Å². The SMILES string of the molecule is Cc1cc(N2CCN(C(=O)C3CC3)CC2)ccc1C(=O)N1CC[C@@]2(C1)OC(=O)c1ccccc12. The van der Waals surface area contributed by atoms with Crippen molar-refractivity contribution in [3.8, 4) is 0 Å². The average molecular weight is 460 g/mol. The molecule has 176 valence electrons. The summed E-state index contributed by atoms with van der Waals surface area (Å²) in [5, 5.41) is 0. The average Bonchev–Trinajstić information content (AvgIpc) is 3.57. The van der Waals surface area contributed by atoms with Gasteiger partial charge in [-0.15, -0.1) is 0 Å². The molecule has 2 saturated heterocycles. The van der Waals surface area contributed by atoms with Gasteiger partial charge in [0.05, 0.1) is 12.1 Å². The number of hydrogen-bond donors (Lipinski definition) is 0. The Bertz CT molecular complexity index is 1180. The number of amides is 2. The van der Waals surface area contributed by atoms with E-state index in [1.54, 1.807) is 11.0 Å². The van der Waals surface area contributed by atoms with Crippen LogP contribution in [0.5, 0.6) is 0 Å². The predicted molar refractivity (Wildman–Crippen MR) is 127 cm³/mol. The van der Waals surface area contributed by atoms with Gasteiger partial charge in [0.1, 0.15) is 0 Å². The van der Waals surface area contributed by atoms with Gasteiger partial charge >= 0.3 is 5.97 Å². The topological polar surface area (TPSA) is 70.2 Å². The number of carbonyl (C=O) groups is 3. The van der Waals surface area contributed by atoms with Crippen molar-refractivity contribution in [2.24, 2.45) is 5.92 Å². The van der Waals surface area contributed by atoms with Crippen molar-refractivity contribution in [2.75, 3.05) is 44.2 Å². The van der Waals surface area contributed by atoms with Crippen LogP contribution in [0.15, 0.2) is 42.5 Å². The first-order valence-corrected chi connectivity index (χ1v) is 12.2. The second-order valence-corrected chi connectivity index (χ2v) is 9.99. The third kappa shape index (κ3) is 3.45. The van der Waals surface area contributed by atoms with Crippen LogP contribution < -0.4 is 4.90 Å². The van der Waals surface area contributed by atoms with Crippen LogP contribution in [0.4, 0.5) is 5.69 Å². The minimum Gasteiger partial charge on any atom is -0.449 e. The van der Waals surface area contributed by atoms with Gasteiger partial charge in [0, 0.05) is 61.9 Å². The highest BCUT2D eigenvalue weighted by Crippen LogP contribution is 2.43. The molecular weight excluding hydrogens is 430 g/mol. The van der Waals surface area contributed by atoms with Crippen molar-refractivity contribution in [1.29, 1.82) is 0 Å². The summed E-state index contributed by atoms with van der Waals surface area (Å²) in [7, 11) is 0. The number of hydrogen-bond acceptors (Lipinski definition) is 5. The van der Waals surface area contributed by atoms with Crippen molar-refractivity contribution in [1.82, 2.24) is 9.80 Å². The van der Waals surface area contributed by atoms with Crippen LogP contribution in [-0.2, 0) is 15.1 Å². The molecule has 2 amide bonds. The molecule has 1 saturated carbocycles. The first-order valence-electron chi connectivity index (χ1n) is 12.2. The number of likely N-dealkylation sites (tertiary alicyclic amines) is 1. The van der Waals surface area contributed by atoms with Crippen molar-refractivity contribution in [2.45, 2.75) is 31.8 Å². The Kier molecular flexibility index (Phi) is 4.90. The summed E-state index contributed by atoms with van der Waals surface area (Å²) >= 11 is 0. The largest absolute Gasteiger partial charge is 0.449 e. The van der Waals surface area contributed by atoms with Crippen LogP contribution in [0, 0.1) is 12.8 Å². The molecule has 3 aliphatic heterocycles. The minimum atomic E-state index is -0.727. The van der Waals surface area contributed by atoms with E-state index >= 15 is 0 Å². The Hall–Kier alpha value is -3.35. The molecule has 1 atom stereocenters. The van der Waals surface area contributed by atoms with E-state index in [9.17, 15) is 14.4 Å². The molecule has 2 aromatic carbocycles. The van der Waals surface area contributed by atoms with Crippen molar-refractivity contribution < 1.29 is 19.1 Å². The lowest BCUT2D eigenvalue weighted by molar-refractivity contribution is -0.132. The van der Waals surface area contributed by atoms with Crippen LogP contribution in [0.3, 0.4) is 0 Å². The molecule has 2 aromatic rings. The highest BCUT2D eigenvalue weighted by Gasteiger charge is 2.51. The van der Waals surface area contributed by atoms with E-state index < -0.39 is 5.60 Å². The van der Waals surface area contributed by atoms with Gasteiger partial charge in [-0.3, -0.25) is 9.59 Å². The Labute approximate surface area is 199 Å². The number of benzene rings is 2. The van der Waals surface area contributed by atoms with Gasteiger partial charge in [-0.1, -0.05) is 18.2 Å². The number of anilines is 1. The second-order valence-electron chi connectivity index (χ2n) is 9.99. The van der Waals surface area contributed by atoms with Gasteiger partial charge in [-0.05, 0) is 49.6 Å². The molecule has 0 unspecified atom stereocenters. The molecule has 34 heavy (non-hydrogen) atoms. The summed E-state index contributed by atoms with van der Waals surface area (Å²) in [5.74, 6) is 0.256. The van der Waals surface area contributed by atoms with Crippen LogP contribution in [0.2, 0.25) is 0 Å². The summed E-state index contributed by atoms with van der Waals surface area (Å²) in [6.45, 7) is 6.04. The lowest BCUT2D eigenvalue weighted by Crippen LogP contribution is -2.49. The molecule has 7 heteroatoms. The van der Waals surface area contributed by atoms with Gasteiger partial charge in [0.15, 0.2) is 5.60 Å².